The molecular formula is C25H23FN4O3S. The van der Waals surface area contributed by atoms with Crippen LogP contribution in [0.5, 0.6) is 0 Å². The van der Waals surface area contributed by atoms with Crippen molar-refractivity contribution in [3.05, 3.63) is 102 Å². The first-order valence-corrected chi connectivity index (χ1v) is 11.9. The van der Waals surface area contributed by atoms with Crippen molar-refractivity contribution in [1.29, 1.82) is 0 Å². The molecule has 1 amide bonds. The maximum Gasteiger partial charge on any atom is 0.251 e. The minimum absolute atomic E-state index is 0.0362. The Morgan fingerprint density at radius 3 is 2.38 bits per heavy atom. The monoisotopic (exact) mass is 478 g/mol. The molecular weight excluding hydrogens is 455 g/mol. The normalized spacial score (nSPS) is 11.5. The number of nitrogens with zero attached hydrogens (tertiary/aromatic N) is 3. The third-order valence-corrected chi connectivity index (χ3v) is 7.05. The summed E-state index contributed by atoms with van der Waals surface area (Å²) in [4.78, 5) is 12.9. The van der Waals surface area contributed by atoms with E-state index in [4.69, 9.17) is 0 Å². The number of para-hydroxylation sites is 1. The summed E-state index contributed by atoms with van der Waals surface area (Å²) in [7, 11) is -0.796. The lowest BCUT2D eigenvalue weighted by molar-refractivity contribution is 0.0950. The van der Waals surface area contributed by atoms with Crippen LogP contribution in [0.25, 0.3) is 16.9 Å². The molecule has 1 N–H and O–H groups in total. The van der Waals surface area contributed by atoms with Gasteiger partial charge in [0.15, 0.2) is 0 Å². The number of hydrogen-bond donors (Lipinski definition) is 1. The zero-order valence-electron chi connectivity index (χ0n) is 18.6. The molecule has 0 spiro atoms. The Labute approximate surface area is 197 Å². The van der Waals surface area contributed by atoms with Gasteiger partial charge in [-0.25, -0.2) is 21.8 Å². The van der Waals surface area contributed by atoms with Crippen LogP contribution >= 0.6 is 0 Å². The van der Waals surface area contributed by atoms with Crippen LogP contribution in [-0.4, -0.2) is 42.5 Å². The molecule has 174 valence electrons. The number of sulfonamides is 1. The SMILES string of the molecule is CN(C)S(=O)(=O)c1cccc(C(=O)NCc2cn(-c3ccccc3)nc2-c2ccc(F)cc2)c1. The van der Waals surface area contributed by atoms with Crippen molar-refractivity contribution in [2.45, 2.75) is 11.4 Å². The van der Waals surface area contributed by atoms with Crippen molar-refractivity contribution >= 4 is 15.9 Å². The fraction of sp³-hybridized carbons (Fsp3) is 0.120. The lowest BCUT2D eigenvalue weighted by Crippen LogP contribution is -2.25. The maximum absolute atomic E-state index is 13.5. The van der Waals surface area contributed by atoms with E-state index in [9.17, 15) is 17.6 Å². The molecule has 0 saturated carbocycles. The fourth-order valence-corrected chi connectivity index (χ4v) is 4.34. The predicted octanol–water partition coefficient (Wildman–Crippen LogP) is 3.86. The summed E-state index contributed by atoms with van der Waals surface area (Å²) >= 11 is 0. The van der Waals surface area contributed by atoms with Gasteiger partial charge in [0.2, 0.25) is 10.0 Å². The summed E-state index contributed by atoms with van der Waals surface area (Å²) in [6.45, 7) is 0.142. The molecule has 4 aromatic rings. The Morgan fingerprint density at radius 1 is 1.00 bits per heavy atom. The molecule has 0 aliphatic heterocycles. The highest BCUT2D eigenvalue weighted by Gasteiger charge is 2.19. The molecule has 0 fully saturated rings. The van der Waals surface area contributed by atoms with E-state index in [1.807, 2.05) is 30.3 Å². The van der Waals surface area contributed by atoms with Crippen molar-refractivity contribution in [2.75, 3.05) is 14.1 Å². The quantitative estimate of drug-likeness (QED) is 0.437. The average molecular weight is 479 g/mol. The second-order valence-corrected chi connectivity index (χ2v) is 9.94. The second-order valence-electron chi connectivity index (χ2n) is 7.79. The Kier molecular flexibility index (Phi) is 6.58. The van der Waals surface area contributed by atoms with Gasteiger partial charge in [0, 0.05) is 43.5 Å². The highest BCUT2D eigenvalue weighted by atomic mass is 32.2. The van der Waals surface area contributed by atoms with Crippen molar-refractivity contribution < 1.29 is 17.6 Å². The van der Waals surface area contributed by atoms with Gasteiger partial charge in [0.05, 0.1) is 16.3 Å². The smallest absolute Gasteiger partial charge is 0.251 e. The number of aromatic nitrogens is 2. The van der Waals surface area contributed by atoms with Gasteiger partial charge in [-0.3, -0.25) is 4.79 Å². The van der Waals surface area contributed by atoms with Crippen molar-refractivity contribution in [1.82, 2.24) is 19.4 Å². The molecule has 34 heavy (non-hydrogen) atoms. The maximum atomic E-state index is 13.5. The first kappa shape index (κ1) is 23.3. The van der Waals surface area contributed by atoms with E-state index in [-0.39, 0.29) is 22.8 Å². The van der Waals surface area contributed by atoms with Crippen molar-refractivity contribution in [3.8, 4) is 16.9 Å². The topological polar surface area (TPSA) is 84.3 Å². The van der Waals surface area contributed by atoms with Crippen LogP contribution in [-0.2, 0) is 16.6 Å². The number of carbonyl (C=O) groups is 1. The second kappa shape index (κ2) is 9.58. The van der Waals surface area contributed by atoms with Crippen LogP contribution in [0.15, 0.2) is 90.0 Å². The van der Waals surface area contributed by atoms with Crippen LogP contribution in [0.3, 0.4) is 0 Å². The van der Waals surface area contributed by atoms with E-state index in [0.717, 1.165) is 15.6 Å². The first-order chi connectivity index (χ1) is 16.3. The van der Waals surface area contributed by atoms with E-state index < -0.39 is 15.9 Å². The molecule has 9 heteroatoms. The number of hydrogen-bond acceptors (Lipinski definition) is 4. The van der Waals surface area contributed by atoms with Crippen LogP contribution < -0.4 is 5.32 Å². The summed E-state index contributed by atoms with van der Waals surface area (Å²) in [5.74, 6) is -0.776. The molecule has 0 atom stereocenters. The Hall–Kier alpha value is -3.82. The summed E-state index contributed by atoms with van der Waals surface area (Å²) in [6, 6.07) is 21.4. The third-order valence-electron chi connectivity index (χ3n) is 5.24. The molecule has 0 aliphatic carbocycles. The van der Waals surface area contributed by atoms with Crippen molar-refractivity contribution in [2.24, 2.45) is 0 Å². The molecule has 4 rings (SSSR count). The van der Waals surface area contributed by atoms with Gasteiger partial charge in [-0.1, -0.05) is 24.3 Å². The van der Waals surface area contributed by atoms with Crippen LogP contribution in [0.4, 0.5) is 4.39 Å². The Morgan fingerprint density at radius 2 is 1.71 bits per heavy atom. The molecule has 0 radical (unpaired) electrons. The van der Waals surface area contributed by atoms with Gasteiger partial charge in [0.1, 0.15) is 5.82 Å². The van der Waals surface area contributed by atoms with Gasteiger partial charge in [-0.2, -0.15) is 5.10 Å². The number of halogens is 1. The molecule has 7 nitrogen and oxygen atoms in total. The minimum atomic E-state index is -3.66. The Bertz CT molecular complexity index is 1420. The van der Waals surface area contributed by atoms with Gasteiger partial charge in [0.25, 0.3) is 5.91 Å². The van der Waals surface area contributed by atoms with Gasteiger partial charge < -0.3 is 5.32 Å². The lowest BCUT2D eigenvalue weighted by Gasteiger charge is -2.12. The van der Waals surface area contributed by atoms with Gasteiger partial charge in [-0.15, -0.1) is 0 Å². The largest absolute Gasteiger partial charge is 0.348 e. The lowest BCUT2D eigenvalue weighted by atomic mass is 10.1. The summed E-state index contributed by atoms with van der Waals surface area (Å²) in [5.41, 5.74) is 3.10. The molecule has 1 heterocycles. The highest BCUT2D eigenvalue weighted by molar-refractivity contribution is 7.89. The molecule has 0 saturated heterocycles. The summed E-state index contributed by atoms with van der Waals surface area (Å²) < 4.78 is 41.1. The number of carbonyl (C=O) groups excluding carboxylic acids is 1. The molecule has 0 aliphatic rings. The van der Waals surface area contributed by atoms with E-state index in [2.05, 4.69) is 10.4 Å². The molecule has 0 unspecified atom stereocenters. The zero-order chi connectivity index (χ0) is 24.3. The van der Waals surface area contributed by atoms with Crippen molar-refractivity contribution in [3.63, 3.8) is 0 Å². The molecule has 3 aromatic carbocycles. The molecule has 1 aromatic heterocycles. The highest BCUT2D eigenvalue weighted by Crippen LogP contribution is 2.24. The van der Waals surface area contributed by atoms with E-state index in [0.29, 0.717) is 11.3 Å². The number of rotatable bonds is 7. The standard InChI is InChI=1S/C25H23FN4O3S/c1-29(2)34(32,33)23-10-6-7-19(15-23)25(31)27-16-20-17-30(22-8-4-3-5-9-22)28-24(20)18-11-13-21(26)14-12-18/h3-15,17H,16H2,1-2H3,(H,27,31). The van der Waals surface area contributed by atoms with Crippen LogP contribution in [0.2, 0.25) is 0 Å². The molecule has 0 bridgehead atoms. The minimum Gasteiger partial charge on any atom is -0.348 e. The van der Waals surface area contributed by atoms with Gasteiger partial charge >= 0.3 is 0 Å². The first-order valence-electron chi connectivity index (χ1n) is 10.5. The summed E-state index contributed by atoms with van der Waals surface area (Å²) in [5, 5.41) is 7.49. The number of nitrogens with one attached hydrogen (secondary N) is 1. The zero-order valence-corrected chi connectivity index (χ0v) is 19.5. The Balaban J connectivity index is 1.62. The van der Waals surface area contributed by atoms with Gasteiger partial charge in [-0.05, 0) is 54.6 Å². The van der Waals surface area contributed by atoms with E-state index >= 15 is 0 Å². The number of amides is 1. The summed E-state index contributed by atoms with van der Waals surface area (Å²) in [6.07, 6.45) is 1.81. The van der Waals surface area contributed by atoms with E-state index in [1.54, 1.807) is 29.1 Å². The average Bonchev–Trinajstić information content (AvgIpc) is 3.28. The number of benzene rings is 3. The third kappa shape index (κ3) is 4.90. The van der Waals surface area contributed by atoms with Crippen LogP contribution in [0, 0.1) is 5.82 Å². The van der Waals surface area contributed by atoms with Crippen LogP contribution in [0.1, 0.15) is 15.9 Å². The fourth-order valence-electron chi connectivity index (χ4n) is 3.39. The van der Waals surface area contributed by atoms with E-state index in [1.165, 1.54) is 44.4 Å². The predicted molar refractivity (Wildman–Crippen MR) is 127 cm³/mol.